The van der Waals surface area contributed by atoms with E-state index >= 15 is 14.4 Å². The molecule has 0 bridgehead atoms. The first-order valence-corrected chi connectivity index (χ1v) is 29.0. The number of fused-ring (bicyclic) bond motifs is 1. The third-order valence-electron chi connectivity index (χ3n) is 15.1. The van der Waals surface area contributed by atoms with Crippen LogP contribution in [0.5, 0.6) is 0 Å². The Kier molecular flexibility index (Phi) is 28.1. The lowest BCUT2D eigenvalue weighted by molar-refractivity contribution is -0.136. The van der Waals surface area contributed by atoms with Gasteiger partial charge in [-0.3, -0.25) is 38.6 Å². The number of nitrogens with one attached hydrogen (secondary N) is 4. The summed E-state index contributed by atoms with van der Waals surface area (Å²) < 4.78 is 0. The van der Waals surface area contributed by atoms with Crippen molar-refractivity contribution in [3.8, 4) is 0 Å². The van der Waals surface area contributed by atoms with Gasteiger partial charge in [0.2, 0.25) is 17.7 Å². The summed E-state index contributed by atoms with van der Waals surface area (Å²) in [5.74, 6) is -7.53. The zero-order valence-electron chi connectivity index (χ0n) is 47.8. The van der Waals surface area contributed by atoms with Crippen molar-refractivity contribution in [2.45, 2.75) is 140 Å². The lowest BCUT2D eigenvalue weighted by atomic mass is 9.87. The molecule has 0 unspecified atom stereocenters. The maximum atomic E-state index is 15.2. The van der Waals surface area contributed by atoms with Crippen molar-refractivity contribution >= 4 is 64.0 Å². The molecule has 9 atom stereocenters. The molecule has 3 amide bonds. The molecule has 1 aromatic heterocycles. The number of nitrogens with two attached hydrogens (primary N) is 5. The van der Waals surface area contributed by atoms with Crippen molar-refractivity contribution in [3.05, 3.63) is 144 Å². The average molecular weight is 1140 g/mol. The van der Waals surface area contributed by atoms with E-state index in [4.69, 9.17) is 28.7 Å². The van der Waals surface area contributed by atoms with Crippen LogP contribution in [0.4, 0.5) is 0 Å². The molecule has 0 spiro atoms. The van der Waals surface area contributed by atoms with Crippen molar-refractivity contribution in [3.63, 3.8) is 0 Å². The molecule has 0 saturated carbocycles. The van der Waals surface area contributed by atoms with E-state index in [0.29, 0.717) is 63.5 Å². The molecule has 0 aliphatic heterocycles. The molecule has 83 heavy (non-hydrogen) atoms. The van der Waals surface area contributed by atoms with E-state index in [-0.39, 0.29) is 82.5 Å². The number of hydrogen-bond acceptors (Lipinski definition) is 13. The molecule has 4 aromatic carbocycles. The van der Waals surface area contributed by atoms with Crippen LogP contribution in [0, 0.1) is 23.7 Å². The largest absolute Gasteiger partial charge is 0.391 e. The number of rotatable bonds is 40. The van der Waals surface area contributed by atoms with Crippen LogP contribution in [0.2, 0.25) is 0 Å². The van der Waals surface area contributed by atoms with Crippen molar-refractivity contribution in [1.29, 1.82) is 0 Å². The Morgan fingerprint density at radius 3 is 1.60 bits per heavy atom. The van der Waals surface area contributed by atoms with Crippen LogP contribution in [0.1, 0.15) is 106 Å². The number of aliphatic imine (C=N–C) groups is 1. The van der Waals surface area contributed by atoms with Crippen LogP contribution in [0.25, 0.3) is 10.9 Å². The molecule has 0 radical (unpaired) electrons. The molecule has 19 nitrogen and oxygen atoms in total. The highest BCUT2D eigenvalue weighted by atomic mass is 16.3. The van der Waals surface area contributed by atoms with Gasteiger partial charge in [-0.05, 0) is 106 Å². The fourth-order valence-electron chi connectivity index (χ4n) is 10.4. The van der Waals surface area contributed by atoms with Crippen molar-refractivity contribution < 1.29 is 43.5 Å². The third-order valence-corrected chi connectivity index (χ3v) is 15.1. The van der Waals surface area contributed by atoms with Crippen molar-refractivity contribution in [2.24, 2.45) is 57.3 Å². The summed E-state index contributed by atoms with van der Waals surface area (Å²) in [6, 6.07) is 30.2. The number of aliphatic hydroxyl groups excluding tert-OH is 1. The summed E-state index contributed by atoms with van der Waals surface area (Å²) in [6.07, 6.45) is 3.72. The second kappa shape index (κ2) is 35.3. The number of benzene rings is 4. The van der Waals surface area contributed by atoms with Crippen LogP contribution < -0.4 is 44.6 Å². The Hall–Kier alpha value is -7.71. The summed E-state index contributed by atoms with van der Waals surface area (Å²) in [7, 11) is 0. The fraction of sp³-hybridized carbons (Fsp3) is 0.453. The molecule has 5 aromatic rings. The Morgan fingerprint density at radius 2 is 1.04 bits per heavy atom. The number of Topliss-reactive ketones (excluding diaryl/α,β-unsaturated/α-hetero) is 4. The van der Waals surface area contributed by atoms with E-state index in [1.165, 1.54) is 6.92 Å². The molecule has 0 fully saturated rings. The van der Waals surface area contributed by atoms with Gasteiger partial charge in [0.05, 0.1) is 24.2 Å². The quantitative estimate of drug-likeness (QED) is 0.0112. The van der Waals surface area contributed by atoms with Gasteiger partial charge in [-0.15, -0.1) is 0 Å². The second-order valence-electron chi connectivity index (χ2n) is 21.8. The number of ketones is 4. The van der Waals surface area contributed by atoms with Gasteiger partial charge in [0.1, 0.15) is 18.1 Å². The molecule has 0 aliphatic rings. The Balaban J connectivity index is 1.45. The van der Waals surface area contributed by atoms with Crippen molar-refractivity contribution in [1.82, 2.24) is 20.9 Å². The number of guanidine groups is 1. The van der Waals surface area contributed by atoms with Crippen LogP contribution in [-0.2, 0) is 64.0 Å². The number of H-pyrrole nitrogens is 1. The highest BCUT2D eigenvalue weighted by Gasteiger charge is 2.36. The number of nitrogens with zero attached hydrogens (tertiary/aromatic N) is 1. The Bertz CT molecular complexity index is 2880. The maximum Gasteiger partial charge on any atom is 0.224 e. The lowest BCUT2D eigenvalue weighted by Crippen LogP contribution is -2.51. The number of aromatic nitrogens is 1. The number of carbonyl (C=O) groups excluding carboxylic acids is 8. The zero-order valence-corrected chi connectivity index (χ0v) is 47.8. The first kappa shape index (κ1) is 66.1. The first-order chi connectivity index (χ1) is 40.0. The third kappa shape index (κ3) is 22.5. The Labute approximate surface area is 487 Å². The molecule has 0 aliphatic carbocycles. The molecular weight excluding hydrogens is 1050 g/mol. The standard InChI is InChI=1S/C64H86N10O9/c1-42(76)60(59(80)35-46(41-75)32-43-18-5-2-6-19-43)74-62(82)47(24-13-15-29-65)38-57(78)55(36-50-40-71-53-28-12-11-26-51(50)53)73-63(83)49(33-44-20-7-3-8-21-44)39-58(79)54(34-45-22-9-4-10-23-45)72-61(81)48(25-17-31-70-64(68)69)37-56(77)52(67)27-14-16-30-66/h2-12,18-23,26,28,40-42,46-49,52,54-55,60,71,76H,13-17,24-25,27,29-39,65-67H2,1H3,(H,72,81)(H,73,83)(H,74,82)(H4,68,69,70)/t42-,46-,47-,48-,49-,52-,54+,55-,60+/m1/s1. The molecule has 1 heterocycles. The minimum atomic E-state index is -1.39. The smallest absolute Gasteiger partial charge is 0.224 e. The van der Waals surface area contributed by atoms with Gasteiger partial charge in [0.15, 0.2) is 23.3 Å². The molecule has 19 heteroatoms. The minimum Gasteiger partial charge on any atom is -0.391 e. The number of aromatic amines is 1. The molecule has 446 valence electrons. The number of aliphatic hydroxyl groups is 1. The maximum absolute atomic E-state index is 15.2. The number of carbonyl (C=O) groups is 8. The van der Waals surface area contributed by atoms with Gasteiger partial charge in [-0.25, -0.2) is 0 Å². The number of hydrogen-bond donors (Lipinski definition) is 10. The van der Waals surface area contributed by atoms with E-state index in [0.717, 1.165) is 27.6 Å². The summed E-state index contributed by atoms with van der Waals surface area (Å²) >= 11 is 0. The second-order valence-corrected chi connectivity index (χ2v) is 21.8. The average Bonchev–Trinajstić information content (AvgIpc) is 3.99. The van der Waals surface area contributed by atoms with Crippen LogP contribution in [0.3, 0.4) is 0 Å². The fourth-order valence-corrected chi connectivity index (χ4v) is 10.4. The SMILES string of the molecule is C[C@@H](O)[C@H](NC(=O)[C@H](CCCCN)CC(=O)[C@@H](Cc1c[nH]c2ccccc12)NC(=O)[C@@H](CC(=O)[C@H](Cc1ccccc1)NC(=O)[C@H](CCCN=C(N)N)CC(=O)[C@H](N)CCCCN)Cc1ccccc1)C(=O)C[C@H](C=O)Cc1ccccc1. The Morgan fingerprint density at radius 1 is 0.554 bits per heavy atom. The predicted octanol–water partition coefficient (Wildman–Crippen LogP) is 4.41. The lowest BCUT2D eigenvalue weighted by Gasteiger charge is -2.27. The number of aldehydes is 1. The summed E-state index contributed by atoms with van der Waals surface area (Å²) in [4.78, 5) is 121. The number of para-hydroxylation sites is 1. The summed E-state index contributed by atoms with van der Waals surface area (Å²) in [5.41, 5.74) is 32.8. The molecule has 0 saturated heterocycles. The van der Waals surface area contributed by atoms with Crippen LogP contribution >= 0.6 is 0 Å². The zero-order chi connectivity index (χ0) is 60.1. The van der Waals surface area contributed by atoms with Crippen LogP contribution in [-0.4, -0.2) is 113 Å². The molecule has 15 N–H and O–H groups in total. The van der Waals surface area contributed by atoms with Crippen LogP contribution in [0.15, 0.2) is 126 Å². The van der Waals surface area contributed by atoms with E-state index in [1.54, 1.807) is 6.20 Å². The van der Waals surface area contributed by atoms with Crippen molar-refractivity contribution in [2.75, 3.05) is 19.6 Å². The highest BCUT2D eigenvalue weighted by molar-refractivity contribution is 5.98. The monoisotopic (exact) mass is 1140 g/mol. The van der Waals surface area contributed by atoms with E-state index in [1.807, 2.05) is 115 Å². The number of unbranched alkanes of at least 4 members (excludes halogenated alkanes) is 2. The van der Waals surface area contributed by atoms with Gasteiger partial charge in [-0.1, -0.05) is 122 Å². The van der Waals surface area contributed by atoms with E-state index in [2.05, 4.69) is 25.9 Å². The molecular formula is C64H86N10O9. The topological polar surface area (TPSA) is 351 Å². The van der Waals surface area contributed by atoms with Gasteiger partial charge in [0.25, 0.3) is 0 Å². The van der Waals surface area contributed by atoms with E-state index < -0.39 is 89.0 Å². The van der Waals surface area contributed by atoms with Gasteiger partial charge >= 0.3 is 0 Å². The van der Waals surface area contributed by atoms with Gasteiger partial charge in [-0.2, -0.15) is 0 Å². The summed E-state index contributed by atoms with van der Waals surface area (Å²) in [6.45, 7) is 2.33. The number of amides is 3. The van der Waals surface area contributed by atoms with Gasteiger partial charge in [0, 0.05) is 79.4 Å². The van der Waals surface area contributed by atoms with E-state index in [9.17, 15) is 29.1 Å². The highest BCUT2D eigenvalue weighted by Crippen LogP contribution is 2.25. The minimum absolute atomic E-state index is 0.00628. The molecule has 5 rings (SSSR count). The summed E-state index contributed by atoms with van der Waals surface area (Å²) in [5, 5.41) is 20.4. The predicted molar refractivity (Wildman–Crippen MR) is 322 cm³/mol. The van der Waals surface area contributed by atoms with Gasteiger partial charge < -0.3 is 59.5 Å². The normalized spacial score (nSPS) is 14.6. The first-order valence-electron chi connectivity index (χ1n) is 29.0.